The molecule has 2 heterocycles. The Balaban J connectivity index is 1.90. The molecule has 0 amide bonds. The number of hydrogen-bond donors (Lipinski definition) is 0. The molecule has 1 aliphatic carbocycles. The van der Waals surface area contributed by atoms with Gasteiger partial charge in [-0.3, -0.25) is 4.57 Å². The number of rotatable bonds is 3. The summed E-state index contributed by atoms with van der Waals surface area (Å²) in [6.45, 7) is 2.09. The van der Waals surface area contributed by atoms with Gasteiger partial charge in [0, 0.05) is 29.4 Å². The minimum atomic E-state index is -0.547. The number of benzene rings is 1. The van der Waals surface area contributed by atoms with Crippen molar-refractivity contribution in [1.29, 1.82) is 0 Å². The monoisotopic (exact) mass is 298 g/mol. The fourth-order valence-corrected chi connectivity index (χ4v) is 3.49. The highest BCUT2D eigenvalue weighted by Gasteiger charge is 2.71. The molecule has 1 aromatic heterocycles. The first-order valence-electron chi connectivity index (χ1n) is 7.08. The molecular formula is C17H15ClN2O. The van der Waals surface area contributed by atoms with E-state index in [2.05, 4.69) is 28.6 Å². The summed E-state index contributed by atoms with van der Waals surface area (Å²) in [7, 11) is 0. The Morgan fingerprint density at radius 1 is 1.24 bits per heavy atom. The van der Waals surface area contributed by atoms with Gasteiger partial charge in [0.1, 0.15) is 5.82 Å². The highest BCUT2D eigenvalue weighted by molar-refractivity contribution is 6.31. The molecule has 1 saturated heterocycles. The lowest BCUT2D eigenvalue weighted by Gasteiger charge is -2.21. The molecule has 3 nitrogen and oxygen atoms in total. The standard InChI is InChI=1S/C17H15ClN2O/c1-2-15-19-11-12-20(15)17-10-6-5-9-16(17,21-17)13-7-3-4-8-14(13)18/h3-12H,2H2,1H3. The Morgan fingerprint density at radius 2 is 2.05 bits per heavy atom. The highest BCUT2D eigenvalue weighted by atomic mass is 35.5. The Hall–Kier alpha value is -1.84. The van der Waals surface area contributed by atoms with Crippen LogP contribution in [0.15, 0.2) is 61.0 Å². The highest BCUT2D eigenvalue weighted by Crippen LogP contribution is 2.63. The maximum absolute atomic E-state index is 6.41. The van der Waals surface area contributed by atoms with Crippen LogP contribution in [0.1, 0.15) is 18.3 Å². The van der Waals surface area contributed by atoms with Crippen molar-refractivity contribution in [2.24, 2.45) is 0 Å². The molecule has 1 fully saturated rings. The first-order chi connectivity index (χ1) is 10.2. The zero-order valence-corrected chi connectivity index (χ0v) is 12.4. The number of fused-ring (bicyclic) bond motifs is 1. The predicted molar refractivity (Wildman–Crippen MR) is 82.1 cm³/mol. The number of nitrogens with zero attached hydrogens (tertiary/aromatic N) is 2. The minimum Gasteiger partial charge on any atom is -0.327 e. The second kappa shape index (κ2) is 4.33. The van der Waals surface area contributed by atoms with Gasteiger partial charge in [-0.05, 0) is 18.2 Å². The molecule has 0 bridgehead atoms. The first kappa shape index (κ1) is 12.9. The van der Waals surface area contributed by atoms with Gasteiger partial charge in [-0.1, -0.05) is 48.9 Å². The van der Waals surface area contributed by atoms with Crippen molar-refractivity contribution >= 4 is 11.6 Å². The zero-order chi connectivity index (χ0) is 14.5. The van der Waals surface area contributed by atoms with Crippen molar-refractivity contribution in [1.82, 2.24) is 9.55 Å². The van der Waals surface area contributed by atoms with Gasteiger partial charge < -0.3 is 4.74 Å². The smallest absolute Gasteiger partial charge is 0.204 e. The van der Waals surface area contributed by atoms with Gasteiger partial charge in [0.2, 0.25) is 5.72 Å². The third-order valence-corrected chi connectivity index (χ3v) is 4.57. The molecule has 1 aromatic carbocycles. The number of halogens is 1. The quantitative estimate of drug-likeness (QED) is 0.807. The number of hydrogen-bond acceptors (Lipinski definition) is 2. The third kappa shape index (κ3) is 1.56. The Labute approximate surface area is 128 Å². The van der Waals surface area contributed by atoms with Crippen molar-refractivity contribution in [3.8, 4) is 0 Å². The number of ether oxygens (including phenoxy) is 1. The van der Waals surface area contributed by atoms with Crippen LogP contribution in [0.25, 0.3) is 0 Å². The molecule has 0 spiro atoms. The van der Waals surface area contributed by atoms with Gasteiger partial charge >= 0.3 is 0 Å². The van der Waals surface area contributed by atoms with E-state index in [0.717, 1.165) is 22.8 Å². The largest absolute Gasteiger partial charge is 0.327 e. The predicted octanol–water partition coefficient (Wildman–Crippen LogP) is 3.80. The van der Waals surface area contributed by atoms with Gasteiger partial charge in [0.15, 0.2) is 5.60 Å². The van der Waals surface area contributed by atoms with Crippen LogP contribution < -0.4 is 0 Å². The Kier molecular flexibility index (Phi) is 2.65. The molecule has 1 aliphatic heterocycles. The third-order valence-electron chi connectivity index (χ3n) is 4.24. The second-order valence-electron chi connectivity index (χ2n) is 5.30. The van der Waals surface area contributed by atoms with Crippen molar-refractivity contribution in [2.75, 3.05) is 0 Å². The molecule has 21 heavy (non-hydrogen) atoms. The molecule has 0 radical (unpaired) electrons. The average Bonchev–Trinajstić information content (AvgIpc) is 2.97. The summed E-state index contributed by atoms with van der Waals surface area (Å²) in [5.74, 6) is 1.00. The van der Waals surface area contributed by atoms with Crippen LogP contribution in [-0.2, 0) is 22.5 Å². The van der Waals surface area contributed by atoms with Crippen molar-refractivity contribution in [3.05, 3.63) is 77.4 Å². The molecule has 106 valence electrons. The van der Waals surface area contributed by atoms with Crippen LogP contribution in [-0.4, -0.2) is 9.55 Å². The van der Waals surface area contributed by atoms with Crippen molar-refractivity contribution in [2.45, 2.75) is 24.7 Å². The summed E-state index contributed by atoms with van der Waals surface area (Å²) >= 11 is 6.41. The molecular weight excluding hydrogens is 284 g/mol. The SMILES string of the molecule is CCc1nccn1C12C=CC=CC1(c1ccccc1Cl)O2. The molecule has 2 aromatic rings. The van der Waals surface area contributed by atoms with Gasteiger partial charge in [0.05, 0.1) is 0 Å². The van der Waals surface area contributed by atoms with Crippen LogP contribution >= 0.6 is 11.6 Å². The fourth-order valence-electron chi connectivity index (χ4n) is 3.22. The summed E-state index contributed by atoms with van der Waals surface area (Å²) in [5, 5.41) is 0.720. The van der Waals surface area contributed by atoms with Crippen LogP contribution in [0.4, 0.5) is 0 Å². The van der Waals surface area contributed by atoms with E-state index in [0.29, 0.717) is 0 Å². The van der Waals surface area contributed by atoms with Gasteiger partial charge in [-0.25, -0.2) is 4.98 Å². The Bertz CT molecular complexity index is 764. The zero-order valence-electron chi connectivity index (χ0n) is 11.7. The second-order valence-corrected chi connectivity index (χ2v) is 5.71. The first-order valence-corrected chi connectivity index (χ1v) is 7.46. The molecule has 4 heteroatoms. The lowest BCUT2D eigenvalue weighted by atomic mass is 9.87. The van der Waals surface area contributed by atoms with E-state index in [1.165, 1.54) is 0 Å². The number of imidazole rings is 1. The van der Waals surface area contributed by atoms with E-state index in [1.807, 2.05) is 48.8 Å². The number of aryl methyl sites for hydroxylation is 1. The van der Waals surface area contributed by atoms with E-state index >= 15 is 0 Å². The van der Waals surface area contributed by atoms with Gasteiger partial charge in [-0.2, -0.15) is 0 Å². The average molecular weight is 299 g/mol. The Morgan fingerprint density at radius 3 is 2.86 bits per heavy atom. The number of epoxide rings is 1. The van der Waals surface area contributed by atoms with Gasteiger partial charge in [-0.15, -0.1) is 0 Å². The number of aromatic nitrogens is 2. The molecule has 0 saturated carbocycles. The summed E-state index contributed by atoms with van der Waals surface area (Å²) in [5.41, 5.74) is -0.0951. The fraction of sp³-hybridized carbons (Fsp3) is 0.235. The van der Waals surface area contributed by atoms with E-state index in [4.69, 9.17) is 16.3 Å². The normalized spacial score (nSPS) is 29.4. The summed E-state index contributed by atoms with van der Waals surface area (Å²) in [6.07, 6.45) is 12.8. The number of allylic oxidation sites excluding steroid dienone is 2. The summed E-state index contributed by atoms with van der Waals surface area (Å²) < 4.78 is 8.38. The maximum Gasteiger partial charge on any atom is 0.204 e. The minimum absolute atomic E-state index is 0.537. The topological polar surface area (TPSA) is 30.4 Å². The van der Waals surface area contributed by atoms with Crippen LogP contribution in [0.2, 0.25) is 5.02 Å². The van der Waals surface area contributed by atoms with E-state index in [9.17, 15) is 0 Å². The lowest BCUT2D eigenvalue weighted by molar-refractivity contribution is 0.257. The lowest BCUT2D eigenvalue weighted by Crippen LogP contribution is -2.28. The summed E-state index contributed by atoms with van der Waals surface area (Å²) in [6, 6.07) is 7.85. The summed E-state index contributed by atoms with van der Waals surface area (Å²) in [4.78, 5) is 4.42. The molecule has 2 unspecified atom stereocenters. The van der Waals surface area contributed by atoms with Crippen LogP contribution in [0, 0.1) is 0 Å². The van der Waals surface area contributed by atoms with E-state index in [-0.39, 0.29) is 0 Å². The molecule has 0 N–H and O–H groups in total. The van der Waals surface area contributed by atoms with Crippen molar-refractivity contribution in [3.63, 3.8) is 0 Å². The van der Waals surface area contributed by atoms with Gasteiger partial charge in [0.25, 0.3) is 0 Å². The molecule has 2 atom stereocenters. The van der Waals surface area contributed by atoms with Crippen molar-refractivity contribution < 1.29 is 4.74 Å². The molecule has 4 rings (SSSR count). The maximum atomic E-state index is 6.41. The van der Waals surface area contributed by atoms with Crippen LogP contribution in [0.5, 0.6) is 0 Å². The molecule has 2 aliphatic rings. The van der Waals surface area contributed by atoms with E-state index < -0.39 is 11.3 Å². The van der Waals surface area contributed by atoms with Crippen LogP contribution in [0.3, 0.4) is 0 Å². The van der Waals surface area contributed by atoms with E-state index in [1.54, 1.807) is 0 Å².